The first-order valence-electron chi connectivity index (χ1n) is 5.14. The lowest BCUT2D eigenvalue weighted by atomic mass is 10.1. The van der Waals surface area contributed by atoms with E-state index >= 15 is 0 Å². The van der Waals surface area contributed by atoms with Crippen molar-refractivity contribution in [1.29, 1.82) is 0 Å². The fourth-order valence-electron chi connectivity index (χ4n) is 1.60. The molecule has 0 saturated carbocycles. The number of methoxy groups -OCH3 is 1. The van der Waals surface area contributed by atoms with Crippen molar-refractivity contribution in [2.75, 3.05) is 7.11 Å². The summed E-state index contributed by atoms with van der Waals surface area (Å²) in [5, 5.41) is 8.87. The van der Waals surface area contributed by atoms with Crippen LogP contribution in [-0.4, -0.2) is 23.2 Å². The molecule has 1 N–H and O–H groups in total. The molecule has 0 atom stereocenters. The third-order valence-corrected chi connectivity index (χ3v) is 2.48. The van der Waals surface area contributed by atoms with Gasteiger partial charge in [-0.25, -0.2) is 9.18 Å². The number of ether oxygens (including phenoxy) is 1. The smallest absolute Gasteiger partial charge is 0.337 e. The van der Waals surface area contributed by atoms with Gasteiger partial charge in [-0.3, -0.25) is 4.98 Å². The number of benzene rings is 1. The van der Waals surface area contributed by atoms with Crippen molar-refractivity contribution in [2.24, 2.45) is 0 Å². The lowest BCUT2D eigenvalue weighted by Gasteiger charge is -2.07. The Labute approximate surface area is 103 Å². The Morgan fingerprint density at radius 1 is 1.39 bits per heavy atom. The highest BCUT2D eigenvalue weighted by Gasteiger charge is 2.12. The van der Waals surface area contributed by atoms with E-state index in [1.54, 1.807) is 12.1 Å². The Kier molecular flexibility index (Phi) is 3.23. The third-order valence-electron chi connectivity index (χ3n) is 2.48. The van der Waals surface area contributed by atoms with Crippen molar-refractivity contribution in [2.45, 2.75) is 0 Å². The minimum Gasteiger partial charge on any atom is -0.494 e. The van der Waals surface area contributed by atoms with Crippen molar-refractivity contribution in [3.05, 3.63) is 48.0 Å². The molecule has 0 spiro atoms. The first kappa shape index (κ1) is 12.0. The zero-order valence-corrected chi connectivity index (χ0v) is 9.55. The zero-order chi connectivity index (χ0) is 13.1. The maximum Gasteiger partial charge on any atom is 0.337 e. The van der Waals surface area contributed by atoms with Crippen LogP contribution in [0.3, 0.4) is 0 Å². The van der Waals surface area contributed by atoms with Gasteiger partial charge in [0, 0.05) is 23.5 Å². The standard InChI is InChI=1S/C13H10FNO3/c1-18-11-4-2-3-10(12(11)14)8-5-9(13(16)17)7-15-6-8/h2-7H,1H3,(H,16,17). The van der Waals surface area contributed by atoms with E-state index in [4.69, 9.17) is 9.84 Å². The predicted octanol–water partition coefficient (Wildman–Crippen LogP) is 2.59. The van der Waals surface area contributed by atoms with Gasteiger partial charge in [-0.2, -0.15) is 0 Å². The van der Waals surface area contributed by atoms with Crippen LogP contribution in [0, 0.1) is 5.82 Å². The second kappa shape index (κ2) is 4.83. The summed E-state index contributed by atoms with van der Waals surface area (Å²) in [6.07, 6.45) is 2.62. The van der Waals surface area contributed by atoms with Gasteiger partial charge in [0.1, 0.15) is 0 Å². The average molecular weight is 247 g/mol. The monoisotopic (exact) mass is 247 g/mol. The summed E-state index contributed by atoms with van der Waals surface area (Å²) in [5.41, 5.74) is 0.658. The predicted molar refractivity (Wildman–Crippen MR) is 63.1 cm³/mol. The molecule has 0 amide bonds. The molecule has 18 heavy (non-hydrogen) atoms. The highest BCUT2D eigenvalue weighted by atomic mass is 19.1. The number of nitrogens with zero attached hydrogens (tertiary/aromatic N) is 1. The molecule has 0 aliphatic rings. The van der Waals surface area contributed by atoms with Crippen LogP contribution in [0.25, 0.3) is 11.1 Å². The molecule has 0 saturated heterocycles. The maximum absolute atomic E-state index is 14.0. The van der Waals surface area contributed by atoms with Gasteiger partial charge in [0.2, 0.25) is 0 Å². The number of pyridine rings is 1. The van der Waals surface area contributed by atoms with E-state index < -0.39 is 11.8 Å². The van der Waals surface area contributed by atoms with Gasteiger partial charge in [-0.1, -0.05) is 12.1 Å². The molecule has 0 radical (unpaired) electrons. The molecule has 1 aromatic heterocycles. The molecule has 1 aromatic carbocycles. The van der Waals surface area contributed by atoms with E-state index in [-0.39, 0.29) is 16.9 Å². The van der Waals surface area contributed by atoms with E-state index in [0.29, 0.717) is 5.56 Å². The molecular formula is C13H10FNO3. The Morgan fingerprint density at radius 3 is 2.83 bits per heavy atom. The number of halogens is 1. The van der Waals surface area contributed by atoms with Gasteiger partial charge in [0.25, 0.3) is 0 Å². The summed E-state index contributed by atoms with van der Waals surface area (Å²) < 4.78 is 18.9. The highest BCUT2D eigenvalue weighted by molar-refractivity contribution is 5.88. The second-order valence-corrected chi connectivity index (χ2v) is 3.59. The van der Waals surface area contributed by atoms with Gasteiger partial charge in [0.05, 0.1) is 12.7 Å². The fraction of sp³-hybridized carbons (Fsp3) is 0.0769. The van der Waals surface area contributed by atoms with E-state index in [0.717, 1.165) is 0 Å². The molecule has 0 aliphatic heterocycles. The van der Waals surface area contributed by atoms with Crippen LogP contribution in [0.5, 0.6) is 5.75 Å². The van der Waals surface area contributed by atoms with Crippen molar-refractivity contribution in [1.82, 2.24) is 4.98 Å². The molecular weight excluding hydrogens is 237 g/mol. The number of aromatic carboxylic acids is 1. The average Bonchev–Trinajstić information content (AvgIpc) is 2.39. The number of carboxylic acids is 1. The van der Waals surface area contributed by atoms with Crippen LogP contribution in [-0.2, 0) is 0 Å². The number of aromatic nitrogens is 1. The Balaban J connectivity index is 2.55. The van der Waals surface area contributed by atoms with Crippen molar-refractivity contribution < 1.29 is 19.0 Å². The lowest BCUT2D eigenvalue weighted by Crippen LogP contribution is -1.98. The molecule has 5 heteroatoms. The number of hydrogen-bond acceptors (Lipinski definition) is 3. The topological polar surface area (TPSA) is 59.4 Å². The third kappa shape index (κ3) is 2.15. The molecule has 2 rings (SSSR count). The van der Waals surface area contributed by atoms with E-state index in [1.165, 1.54) is 31.6 Å². The number of hydrogen-bond donors (Lipinski definition) is 1. The summed E-state index contributed by atoms with van der Waals surface area (Å²) in [6, 6.07) is 6.03. The van der Waals surface area contributed by atoms with Gasteiger partial charge >= 0.3 is 5.97 Å². The first-order valence-corrected chi connectivity index (χ1v) is 5.14. The van der Waals surface area contributed by atoms with Gasteiger partial charge in [-0.05, 0) is 12.1 Å². The Morgan fingerprint density at radius 2 is 2.17 bits per heavy atom. The van der Waals surface area contributed by atoms with Gasteiger partial charge in [-0.15, -0.1) is 0 Å². The molecule has 0 bridgehead atoms. The molecule has 0 unspecified atom stereocenters. The van der Waals surface area contributed by atoms with Crippen LogP contribution in [0.15, 0.2) is 36.7 Å². The number of carboxylic acid groups (broad SMARTS) is 1. The van der Waals surface area contributed by atoms with Crippen LogP contribution in [0.4, 0.5) is 4.39 Å². The summed E-state index contributed by atoms with van der Waals surface area (Å²) in [7, 11) is 1.37. The molecule has 1 heterocycles. The SMILES string of the molecule is COc1cccc(-c2cncc(C(=O)O)c2)c1F. The van der Waals surface area contributed by atoms with E-state index in [2.05, 4.69) is 4.98 Å². The van der Waals surface area contributed by atoms with Gasteiger partial charge in [0.15, 0.2) is 11.6 Å². The largest absolute Gasteiger partial charge is 0.494 e. The van der Waals surface area contributed by atoms with E-state index in [9.17, 15) is 9.18 Å². The van der Waals surface area contributed by atoms with Gasteiger partial charge < -0.3 is 9.84 Å². The Bertz CT molecular complexity index is 599. The summed E-state index contributed by atoms with van der Waals surface area (Å²) in [5.74, 6) is -1.54. The van der Waals surface area contributed by atoms with Crippen LogP contribution >= 0.6 is 0 Å². The van der Waals surface area contributed by atoms with Crippen molar-refractivity contribution in [3.8, 4) is 16.9 Å². The zero-order valence-electron chi connectivity index (χ0n) is 9.55. The minimum atomic E-state index is -1.10. The van der Waals surface area contributed by atoms with Crippen LogP contribution in [0.2, 0.25) is 0 Å². The second-order valence-electron chi connectivity index (χ2n) is 3.59. The minimum absolute atomic E-state index is 0.00900. The van der Waals surface area contributed by atoms with E-state index in [1.807, 2.05) is 0 Å². The maximum atomic E-state index is 14.0. The normalized spacial score (nSPS) is 10.1. The van der Waals surface area contributed by atoms with Crippen LogP contribution < -0.4 is 4.74 Å². The molecule has 0 aliphatic carbocycles. The lowest BCUT2D eigenvalue weighted by molar-refractivity contribution is 0.0696. The summed E-state index contributed by atoms with van der Waals surface area (Å²) >= 11 is 0. The van der Waals surface area contributed by atoms with Crippen LogP contribution in [0.1, 0.15) is 10.4 Å². The molecule has 2 aromatic rings. The Hall–Kier alpha value is -2.43. The number of carbonyl (C=O) groups is 1. The quantitative estimate of drug-likeness (QED) is 0.905. The first-order chi connectivity index (χ1) is 8.63. The summed E-state index contributed by atoms with van der Waals surface area (Å²) in [4.78, 5) is 14.6. The van der Waals surface area contributed by atoms with Crippen molar-refractivity contribution in [3.63, 3.8) is 0 Å². The highest BCUT2D eigenvalue weighted by Crippen LogP contribution is 2.28. The van der Waals surface area contributed by atoms with Crippen molar-refractivity contribution >= 4 is 5.97 Å². The molecule has 0 fully saturated rings. The fourth-order valence-corrected chi connectivity index (χ4v) is 1.60. The summed E-state index contributed by atoms with van der Waals surface area (Å²) in [6.45, 7) is 0. The molecule has 92 valence electrons. The number of rotatable bonds is 3. The molecule has 4 nitrogen and oxygen atoms in total.